The maximum absolute atomic E-state index is 12.8. The minimum Gasteiger partial charge on any atom is -0.352 e. The van der Waals surface area contributed by atoms with E-state index >= 15 is 0 Å². The topological polar surface area (TPSA) is 85.8 Å². The van der Waals surface area contributed by atoms with Crippen molar-refractivity contribution in [3.8, 4) is 0 Å². The lowest BCUT2D eigenvalue weighted by Crippen LogP contribution is -2.30. The number of aromatic nitrogens is 4. The first-order valence-corrected chi connectivity index (χ1v) is 9.06. The Hall–Kier alpha value is -2.70. The number of amides is 1. The van der Waals surface area contributed by atoms with Gasteiger partial charge in [0.05, 0.1) is 22.3 Å². The third kappa shape index (κ3) is 3.34. The lowest BCUT2D eigenvalue weighted by molar-refractivity contribution is 0.0948. The first kappa shape index (κ1) is 16.8. The monoisotopic (exact) mass is 353 g/mol. The molecule has 1 fully saturated rings. The molecule has 0 spiro atoms. The molecule has 0 aliphatic heterocycles. The van der Waals surface area contributed by atoms with Crippen molar-refractivity contribution >= 4 is 17.0 Å². The van der Waals surface area contributed by atoms with Gasteiger partial charge in [0.15, 0.2) is 0 Å². The van der Waals surface area contributed by atoms with Crippen molar-refractivity contribution in [2.24, 2.45) is 5.92 Å². The van der Waals surface area contributed by atoms with Crippen LogP contribution in [-0.4, -0.2) is 32.4 Å². The zero-order chi connectivity index (χ0) is 18.3. The van der Waals surface area contributed by atoms with E-state index in [1.807, 2.05) is 36.9 Å². The zero-order valence-corrected chi connectivity index (χ0v) is 15.3. The third-order valence-corrected chi connectivity index (χ3v) is 4.76. The van der Waals surface area contributed by atoms with Crippen LogP contribution < -0.4 is 5.32 Å². The fourth-order valence-corrected chi connectivity index (χ4v) is 3.19. The lowest BCUT2D eigenvalue weighted by Gasteiger charge is -2.13. The van der Waals surface area contributed by atoms with Crippen LogP contribution in [0.1, 0.15) is 53.1 Å². The predicted molar refractivity (Wildman–Crippen MR) is 97.0 cm³/mol. The number of rotatable bonds is 6. The van der Waals surface area contributed by atoms with E-state index in [4.69, 9.17) is 4.52 Å². The first-order valence-electron chi connectivity index (χ1n) is 9.06. The van der Waals surface area contributed by atoms with Crippen molar-refractivity contribution in [2.45, 2.75) is 46.1 Å². The largest absolute Gasteiger partial charge is 0.352 e. The Labute approximate surface area is 151 Å². The van der Waals surface area contributed by atoms with E-state index in [1.54, 1.807) is 0 Å². The average molecular weight is 353 g/mol. The zero-order valence-electron chi connectivity index (χ0n) is 15.3. The summed E-state index contributed by atoms with van der Waals surface area (Å²) < 4.78 is 7.22. The summed E-state index contributed by atoms with van der Waals surface area (Å²) in [5.74, 6) is 0.606. The van der Waals surface area contributed by atoms with Crippen LogP contribution >= 0.6 is 0 Å². The van der Waals surface area contributed by atoms with Crippen molar-refractivity contribution in [3.63, 3.8) is 0 Å². The van der Waals surface area contributed by atoms with E-state index in [1.165, 1.54) is 0 Å². The van der Waals surface area contributed by atoms with Gasteiger partial charge in [-0.15, -0.1) is 0 Å². The standard InChI is InChI=1S/C19H23N5O2/c1-11(10-24-7-6-12(2)22-24)9-20-18(25)15-8-16(14-4-5-14)21-19-17(15)13(3)23-26-19/h6-8,11,14H,4-5,9-10H2,1-3H3,(H,20,25)/t11-/m1/s1. The van der Waals surface area contributed by atoms with E-state index in [2.05, 4.69) is 27.5 Å². The normalized spacial score (nSPS) is 15.3. The Balaban J connectivity index is 1.49. The van der Waals surface area contributed by atoms with Gasteiger partial charge in [0.25, 0.3) is 11.6 Å². The Morgan fingerprint density at radius 3 is 2.92 bits per heavy atom. The van der Waals surface area contributed by atoms with Crippen LogP contribution in [0.25, 0.3) is 11.1 Å². The van der Waals surface area contributed by atoms with Crippen LogP contribution in [0.3, 0.4) is 0 Å². The van der Waals surface area contributed by atoms with E-state index < -0.39 is 0 Å². The van der Waals surface area contributed by atoms with Gasteiger partial charge in [-0.1, -0.05) is 12.1 Å². The molecule has 1 N–H and O–H groups in total. The molecule has 3 heterocycles. The minimum atomic E-state index is -0.103. The molecule has 1 aliphatic rings. The summed E-state index contributed by atoms with van der Waals surface area (Å²) in [6, 6.07) is 3.88. The number of hydrogen-bond donors (Lipinski definition) is 1. The molecule has 7 nitrogen and oxygen atoms in total. The van der Waals surface area contributed by atoms with E-state index in [0.717, 1.165) is 30.8 Å². The quantitative estimate of drug-likeness (QED) is 0.736. The summed E-state index contributed by atoms with van der Waals surface area (Å²) in [4.78, 5) is 17.4. The number of fused-ring (bicyclic) bond motifs is 1. The van der Waals surface area contributed by atoms with Gasteiger partial charge in [0.2, 0.25) is 0 Å². The average Bonchev–Trinajstić information content (AvgIpc) is 3.30. The second kappa shape index (κ2) is 6.55. The predicted octanol–water partition coefficient (Wildman–Crippen LogP) is 2.98. The van der Waals surface area contributed by atoms with Crippen LogP contribution in [0, 0.1) is 19.8 Å². The molecule has 0 unspecified atom stereocenters. The van der Waals surface area contributed by atoms with Crippen molar-refractivity contribution in [2.75, 3.05) is 6.54 Å². The number of carbonyl (C=O) groups is 1. The van der Waals surface area contributed by atoms with E-state index in [-0.39, 0.29) is 11.8 Å². The molecule has 3 aromatic heterocycles. The molecule has 0 aromatic carbocycles. The van der Waals surface area contributed by atoms with Crippen LogP contribution in [0.4, 0.5) is 0 Å². The number of nitrogens with zero attached hydrogens (tertiary/aromatic N) is 4. The summed E-state index contributed by atoms with van der Waals surface area (Å²) in [7, 11) is 0. The fraction of sp³-hybridized carbons (Fsp3) is 0.474. The Bertz CT molecular complexity index is 954. The summed E-state index contributed by atoms with van der Waals surface area (Å²) in [6.07, 6.45) is 4.20. The molecule has 0 bridgehead atoms. The molecular weight excluding hydrogens is 330 g/mol. The summed E-state index contributed by atoms with van der Waals surface area (Å²) in [5, 5.41) is 12.1. The molecule has 26 heavy (non-hydrogen) atoms. The second-order valence-corrected chi connectivity index (χ2v) is 7.31. The highest BCUT2D eigenvalue weighted by molar-refractivity contribution is 6.06. The highest BCUT2D eigenvalue weighted by atomic mass is 16.5. The Kier molecular flexibility index (Phi) is 4.22. The van der Waals surface area contributed by atoms with Gasteiger partial charge in [-0.3, -0.25) is 9.48 Å². The smallest absolute Gasteiger partial charge is 0.259 e. The van der Waals surface area contributed by atoms with Gasteiger partial charge in [-0.2, -0.15) is 5.10 Å². The molecular formula is C19H23N5O2. The number of carbonyl (C=O) groups excluding carboxylic acids is 1. The molecule has 7 heteroatoms. The highest BCUT2D eigenvalue weighted by Gasteiger charge is 2.28. The van der Waals surface area contributed by atoms with E-state index in [9.17, 15) is 4.79 Å². The van der Waals surface area contributed by atoms with Crippen LogP contribution in [0.5, 0.6) is 0 Å². The number of pyridine rings is 1. The van der Waals surface area contributed by atoms with Gasteiger partial charge >= 0.3 is 0 Å². The molecule has 3 aromatic rings. The Morgan fingerprint density at radius 1 is 1.42 bits per heavy atom. The first-order chi connectivity index (χ1) is 12.5. The number of nitrogens with one attached hydrogen (secondary N) is 1. The second-order valence-electron chi connectivity index (χ2n) is 7.31. The van der Waals surface area contributed by atoms with Crippen LogP contribution in [0.2, 0.25) is 0 Å². The molecule has 1 saturated carbocycles. The maximum Gasteiger partial charge on any atom is 0.259 e. The van der Waals surface area contributed by atoms with Crippen molar-refractivity contribution in [1.29, 1.82) is 0 Å². The van der Waals surface area contributed by atoms with Gasteiger partial charge in [0, 0.05) is 30.9 Å². The molecule has 4 rings (SSSR count). The fourth-order valence-electron chi connectivity index (χ4n) is 3.19. The molecule has 1 amide bonds. The Morgan fingerprint density at radius 2 is 2.23 bits per heavy atom. The van der Waals surface area contributed by atoms with Crippen molar-refractivity contribution < 1.29 is 9.32 Å². The van der Waals surface area contributed by atoms with Gasteiger partial charge < -0.3 is 9.84 Å². The van der Waals surface area contributed by atoms with Gasteiger partial charge in [-0.25, -0.2) is 4.98 Å². The molecule has 0 saturated heterocycles. The molecule has 0 radical (unpaired) electrons. The molecule has 1 atom stereocenters. The van der Waals surface area contributed by atoms with Crippen molar-refractivity contribution in [1.82, 2.24) is 25.2 Å². The van der Waals surface area contributed by atoms with Gasteiger partial charge in [-0.05, 0) is 44.7 Å². The summed E-state index contributed by atoms with van der Waals surface area (Å²) in [6.45, 7) is 7.24. The minimum absolute atomic E-state index is 0.103. The van der Waals surface area contributed by atoms with Crippen molar-refractivity contribution in [3.05, 3.63) is 41.0 Å². The number of aryl methyl sites for hydroxylation is 2. The lowest BCUT2D eigenvalue weighted by atomic mass is 10.1. The van der Waals surface area contributed by atoms with Gasteiger partial charge in [0.1, 0.15) is 0 Å². The summed E-state index contributed by atoms with van der Waals surface area (Å²) in [5.41, 5.74) is 3.68. The third-order valence-electron chi connectivity index (χ3n) is 4.76. The van der Waals surface area contributed by atoms with Crippen LogP contribution in [0.15, 0.2) is 22.9 Å². The molecule has 1 aliphatic carbocycles. The molecule has 136 valence electrons. The van der Waals surface area contributed by atoms with E-state index in [0.29, 0.717) is 34.8 Å². The summed E-state index contributed by atoms with van der Waals surface area (Å²) >= 11 is 0. The number of hydrogen-bond acceptors (Lipinski definition) is 5. The maximum atomic E-state index is 12.8. The SMILES string of the molecule is Cc1ccn(C[C@H](C)CNC(=O)c2cc(C3CC3)nc3onc(C)c23)n1. The highest BCUT2D eigenvalue weighted by Crippen LogP contribution is 2.40. The van der Waals surface area contributed by atoms with Crippen LogP contribution in [-0.2, 0) is 6.54 Å².